The van der Waals surface area contributed by atoms with Crippen LogP contribution in [-0.4, -0.2) is 103 Å². The quantitative estimate of drug-likeness (QED) is 0.108. The first-order chi connectivity index (χ1) is 19.8. The minimum Gasteiger partial charge on any atom is -0.462 e. The molecule has 10 nitrogen and oxygen atoms in total. The summed E-state index contributed by atoms with van der Waals surface area (Å²) in [6, 6.07) is 7.07. The van der Waals surface area contributed by atoms with Gasteiger partial charge in [-0.05, 0) is 45.4 Å². The second-order valence-corrected chi connectivity index (χ2v) is 9.82. The highest BCUT2D eigenvalue weighted by Crippen LogP contribution is 2.08. The largest absolute Gasteiger partial charge is 0.462 e. The molecule has 0 bridgehead atoms. The van der Waals surface area contributed by atoms with E-state index in [-0.39, 0.29) is 25.0 Å². The number of hydrogen-bond acceptors (Lipinski definition) is 10. The van der Waals surface area contributed by atoms with Crippen molar-refractivity contribution in [2.75, 3.05) is 85.9 Å². The summed E-state index contributed by atoms with van der Waals surface area (Å²) < 4.78 is 43.0. The Labute approximate surface area is 245 Å². The SMILES string of the molecule is CCCCOC(=O)c1cccc(C#CCOCCOCCOCCOCCOCCOCCC(=O)OC(C)(C)C)c1. The van der Waals surface area contributed by atoms with E-state index < -0.39 is 5.60 Å². The molecule has 0 saturated heterocycles. The number of ether oxygens (including phenoxy) is 8. The molecule has 1 rings (SSSR count). The van der Waals surface area contributed by atoms with Crippen LogP contribution in [0.1, 0.15) is 62.9 Å². The molecule has 0 amide bonds. The van der Waals surface area contributed by atoms with Crippen molar-refractivity contribution in [2.24, 2.45) is 0 Å². The predicted octanol–water partition coefficient (Wildman–Crippen LogP) is 3.83. The molecule has 0 saturated carbocycles. The first kappa shape index (κ1) is 36.5. The molecule has 10 heteroatoms. The van der Waals surface area contributed by atoms with Gasteiger partial charge in [0.25, 0.3) is 0 Å². The van der Waals surface area contributed by atoms with Crippen molar-refractivity contribution in [1.29, 1.82) is 0 Å². The predicted molar refractivity (Wildman–Crippen MR) is 154 cm³/mol. The summed E-state index contributed by atoms with van der Waals surface area (Å²) in [6.45, 7) is 13.1. The van der Waals surface area contributed by atoms with Crippen LogP contribution < -0.4 is 0 Å². The molecule has 0 atom stereocenters. The van der Waals surface area contributed by atoms with Crippen molar-refractivity contribution in [3.63, 3.8) is 0 Å². The fraction of sp³-hybridized carbons (Fsp3) is 0.677. The third kappa shape index (κ3) is 22.8. The molecular formula is C31H48O10. The van der Waals surface area contributed by atoms with Gasteiger partial charge in [0, 0.05) is 5.56 Å². The monoisotopic (exact) mass is 580 g/mol. The summed E-state index contributed by atoms with van der Waals surface area (Å²) in [6.07, 6.45) is 2.06. The van der Waals surface area contributed by atoms with Crippen LogP contribution in [0.15, 0.2) is 24.3 Å². The van der Waals surface area contributed by atoms with E-state index in [1.807, 2.05) is 33.8 Å². The highest BCUT2D eigenvalue weighted by molar-refractivity contribution is 5.89. The molecule has 0 aromatic heterocycles. The second-order valence-electron chi connectivity index (χ2n) is 9.82. The van der Waals surface area contributed by atoms with E-state index in [0.29, 0.717) is 84.8 Å². The zero-order valence-corrected chi connectivity index (χ0v) is 25.2. The Kier molecular flexibility index (Phi) is 21.5. The van der Waals surface area contributed by atoms with Crippen molar-refractivity contribution in [1.82, 2.24) is 0 Å². The maximum absolute atomic E-state index is 12.0. The Morgan fingerprint density at radius 1 is 0.732 bits per heavy atom. The molecule has 0 unspecified atom stereocenters. The standard InChI is InChI=1S/C31H48O10/c1-5-6-14-40-30(33)28-11-7-9-27(26-28)10-8-13-34-16-18-36-20-22-38-24-25-39-23-21-37-19-17-35-15-12-29(32)41-31(2,3)4/h7,9,11,26H,5-6,12-25H2,1-4H3. The van der Waals surface area contributed by atoms with E-state index in [0.717, 1.165) is 18.4 Å². The zero-order chi connectivity index (χ0) is 30.0. The average molecular weight is 581 g/mol. The summed E-state index contributed by atoms with van der Waals surface area (Å²) in [5.41, 5.74) is 0.759. The number of rotatable bonds is 23. The lowest BCUT2D eigenvalue weighted by molar-refractivity contribution is -0.156. The van der Waals surface area contributed by atoms with Gasteiger partial charge >= 0.3 is 11.9 Å². The molecule has 0 radical (unpaired) electrons. The maximum atomic E-state index is 12.0. The topological polar surface area (TPSA) is 108 Å². The molecular weight excluding hydrogens is 532 g/mol. The smallest absolute Gasteiger partial charge is 0.338 e. The number of hydrogen-bond donors (Lipinski definition) is 0. The van der Waals surface area contributed by atoms with Gasteiger partial charge in [-0.25, -0.2) is 4.79 Å². The van der Waals surface area contributed by atoms with Crippen LogP contribution in [0.25, 0.3) is 0 Å². The van der Waals surface area contributed by atoms with Crippen molar-refractivity contribution in [3.05, 3.63) is 35.4 Å². The van der Waals surface area contributed by atoms with E-state index in [1.54, 1.807) is 18.2 Å². The molecule has 0 spiro atoms. The molecule has 0 fully saturated rings. The Bertz CT molecular complexity index is 885. The Hall–Kier alpha value is -2.52. The highest BCUT2D eigenvalue weighted by atomic mass is 16.6. The third-order valence-corrected chi connectivity index (χ3v) is 4.97. The number of benzene rings is 1. The van der Waals surface area contributed by atoms with E-state index >= 15 is 0 Å². The minimum atomic E-state index is -0.476. The first-order valence-corrected chi connectivity index (χ1v) is 14.3. The van der Waals surface area contributed by atoms with Gasteiger partial charge in [0.1, 0.15) is 12.2 Å². The molecule has 0 aliphatic rings. The van der Waals surface area contributed by atoms with Crippen LogP contribution in [0, 0.1) is 11.8 Å². The van der Waals surface area contributed by atoms with Crippen molar-refractivity contribution >= 4 is 11.9 Å². The van der Waals surface area contributed by atoms with Gasteiger partial charge in [0.15, 0.2) is 0 Å². The first-order valence-electron chi connectivity index (χ1n) is 14.3. The van der Waals surface area contributed by atoms with Gasteiger partial charge in [-0.1, -0.05) is 31.3 Å². The molecule has 232 valence electrons. The lowest BCUT2D eigenvalue weighted by Gasteiger charge is -2.19. The summed E-state index contributed by atoms with van der Waals surface area (Å²) in [4.78, 5) is 23.6. The Morgan fingerprint density at radius 3 is 1.80 bits per heavy atom. The number of esters is 2. The Morgan fingerprint density at radius 2 is 1.27 bits per heavy atom. The number of unbranched alkanes of at least 4 members (excludes halogenated alkanes) is 1. The van der Waals surface area contributed by atoms with Crippen molar-refractivity contribution in [3.8, 4) is 11.8 Å². The molecule has 1 aromatic carbocycles. The molecule has 0 aliphatic heterocycles. The minimum absolute atomic E-state index is 0.228. The van der Waals surface area contributed by atoms with Crippen LogP contribution in [0.5, 0.6) is 0 Å². The maximum Gasteiger partial charge on any atom is 0.338 e. The molecule has 0 N–H and O–H groups in total. The van der Waals surface area contributed by atoms with E-state index in [9.17, 15) is 9.59 Å². The second kappa shape index (κ2) is 24.1. The lowest BCUT2D eigenvalue weighted by Crippen LogP contribution is -2.24. The molecule has 0 heterocycles. The van der Waals surface area contributed by atoms with Gasteiger partial charge in [0.2, 0.25) is 0 Å². The van der Waals surface area contributed by atoms with Crippen LogP contribution in [0.4, 0.5) is 0 Å². The third-order valence-electron chi connectivity index (χ3n) is 4.97. The highest BCUT2D eigenvalue weighted by Gasteiger charge is 2.15. The van der Waals surface area contributed by atoms with Crippen molar-refractivity contribution in [2.45, 2.75) is 52.6 Å². The summed E-state index contributed by atoms with van der Waals surface area (Å²) in [7, 11) is 0. The van der Waals surface area contributed by atoms with E-state index in [1.165, 1.54) is 0 Å². The number of carbonyl (C=O) groups excluding carboxylic acids is 2. The van der Waals surface area contributed by atoms with Crippen LogP contribution in [-0.2, 0) is 42.7 Å². The summed E-state index contributed by atoms with van der Waals surface area (Å²) in [5.74, 6) is 5.33. The summed E-state index contributed by atoms with van der Waals surface area (Å²) >= 11 is 0. The average Bonchev–Trinajstić information content (AvgIpc) is 2.93. The fourth-order valence-electron chi connectivity index (χ4n) is 3.03. The normalized spacial score (nSPS) is 11.1. The summed E-state index contributed by atoms with van der Waals surface area (Å²) in [5, 5.41) is 0. The molecule has 41 heavy (non-hydrogen) atoms. The van der Waals surface area contributed by atoms with E-state index in [4.69, 9.17) is 37.9 Å². The van der Waals surface area contributed by atoms with Crippen LogP contribution in [0.3, 0.4) is 0 Å². The van der Waals surface area contributed by atoms with Gasteiger partial charge in [-0.2, -0.15) is 0 Å². The van der Waals surface area contributed by atoms with Gasteiger partial charge in [-0.15, -0.1) is 0 Å². The lowest BCUT2D eigenvalue weighted by atomic mass is 10.1. The van der Waals surface area contributed by atoms with Gasteiger partial charge < -0.3 is 37.9 Å². The zero-order valence-electron chi connectivity index (χ0n) is 25.2. The van der Waals surface area contributed by atoms with Crippen LogP contribution in [0.2, 0.25) is 0 Å². The van der Waals surface area contributed by atoms with E-state index in [2.05, 4.69) is 11.8 Å². The van der Waals surface area contributed by atoms with Crippen LogP contribution >= 0.6 is 0 Å². The number of carbonyl (C=O) groups is 2. The molecule has 1 aromatic rings. The fourth-order valence-corrected chi connectivity index (χ4v) is 3.03. The van der Waals surface area contributed by atoms with Gasteiger partial charge in [0.05, 0.1) is 91.3 Å². The van der Waals surface area contributed by atoms with Gasteiger partial charge in [-0.3, -0.25) is 4.79 Å². The molecule has 0 aliphatic carbocycles. The van der Waals surface area contributed by atoms with Crippen molar-refractivity contribution < 1.29 is 47.5 Å². The Balaban J connectivity index is 1.87.